The summed E-state index contributed by atoms with van der Waals surface area (Å²) in [6.45, 7) is 0. The summed E-state index contributed by atoms with van der Waals surface area (Å²) in [4.78, 5) is 68.4. The first-order chi connectivity index (χ1) is 18.2. The fraction of sp³-hybridized carbons (Fsp3) is 0.667. The maximum Gasteiger partial charge on any atom is 0.349 e. The zero-order valence-electron chi connectivity index (χ0n) is 19.5. The Labute approximate surface area is 219 Å². The largest absolute Gasteiger partial charge is 0.479 e. The van der Waals surface area contributed by atoms with Gasteiger partial charge in [0, 0.05) is 0 Å². The number of esters is 2. The Morgan fingerprint density at radius 3 is 0.950 bits per heavy atom. The molecule has 0 aliphatic carbocycles. The molecule has 14 N–H and O–H groups in total. The molecule has 0 fully saturated rings. The van der Waals surface area contributed by atoms with Gasteiger partial charge < -0.3 is 81.0 Å². The van der Waals surface area contributed by atoms with Crippen LogP contribution >= 0.6 is 0 Å². The van der Waals surface area contributed by atoms with E-state index in [0.717, 1.165) is 0 Å². The van der Waals surface area contributed by atoms with Crippen LogP contribution in [0.25, 0.3) is 0 Å². The molecule has 0 saturated carbocycles. The second kappa shape index (κ2) is 15.3. The van der Waals surface area contributed by atoms with Gasteiger partial charge in [-0.15, -0.1) is 0 Å². The molecule has 0 rings (SSSR count). The highest BCUT2D eigenvalue weighted by Gasteiger charge is 2.48. The smallest absolute Gasteiger partial charge is 0.349 e. The predicted molar refractivity (Wildman–Crippen MR) is 110 cm³/mol. The van der Waals surface area contributed by atoms with Crippen molar-refractivity contribution in [2.24, 2.45) is 0 Å². The molecular weight excluding hydrogens is 568 g/mol. The summed E-state index contributed by atoms with van der Waals surface area (Å²) in [6, 6.07) is 0. The molecule has 0 spiro atoms. The van der Waals surface area contributed by atoms with Crippen LogP contribution < -0.4 is 0 Å². The van der Waals surface area contributed by atoms with Gasteiger partial charge in [-0.25, -0.2) is 28.8 Å². The Kier molecular flexibility index (Phi) is 13.9. The van der Waals surface area contributed by atoms with Gasteiger partial charge >= 0.3 is 35.8 Å². The van der Waals surface area contributed by atoms with E-state index in [9.17, 15) is 84.9 Å². The topological polar surface area (TPSA) is 404 Å². The average molecular weight is 594 g/mol. The van der Waals surface area contributed by atoms with E-state index in [-0.39, 0.29) is 0 Å². The van der Waals surface area contributed by atoms with Gasteiger partial charge in [0.2, 0.25) is 6.10 Å². The highest BCUT2D eigenvalue weighted by molar-refractivity contribution is 5.83. The van der Waals surface area contributed by atoms with Crippen LogP contribution in [0, 0.1) is 0 Å². The number of hydrogen-bond donors (Lipinski definition) is 14. The number of rotatable bonds is 17. The average Bonchev–Trinajstić information content (AvgIpc) is 2.89. The van der Waals surface area contributed by atoms with Crippen molar-refractivity contribution in [3.8, 4) is 0 Å². The van der Waals surface area contributed by atoms with Crippen LogP contribution in [0.2, 0.25) is 0 Å². The number of aliphatic hydroxyl groups excluding tert-OH is 10. The first-order valence-corrected chi connectivity index (χ1v) is 10.3. The fourth-order valence-corrected chi connectivity index (χ4v) is 2.61. The quantitative estimate of drug-likeness (QED) is 0.0695. The van der Waals surface area contributed by atoms with Crippen LogP contribution in [-0.4, -0.2) is 181 Å². The molecule has 22 heteroatoms. The molecule has 12 atom stereocenters. The highest BCUT2D eigenvalue weighted by Crippen LogP contribution is 2.18. The normalized spacial score (nSPS) is 20.6. The maximum absolute atomic E-state index is 12.2. The molecule has 22 nitrogen and oxygen atoms in total. The van der Waals surface area contributed by atoms with E-state index in [1.54, 1.807) is 0 Å². The number of carbonyl (C=O) groups is 6. The third-order valence-corrected chi connectivity index (χ3v) is 4.93. The monoisotopic (exact) mass is 594 g/mol. The third kappa shape index (κ3) is 9.26. The number of hydrogen-bond acceptors (Lipinski definition) is 18. The lowest BCUT2D eigenvalue weighted by molar-refractivity contribution is -0.210. The molecule has 0 unspecified atom stereocenters. The third-order valence-electron chi connectivity index (χ3n) is 4.93. The van der Waals surface area contributed by atoms with Crippen molar-refractivity contribution in [3.05, 3.63) is 0 Å². The van der Waals surface area contributed by atoms with E-state index >= 15 is 0 Å². The lowest BCUT2D eigenvalue weighted by Gasteiger charge is -2.31. The van der Waals surface area contributed by atoms with Gasteiger partial charge in [0.05, 0.1) is 0 Å². The molecule has 230 valence electrons. The Hall–Kier alpha value is -3.58. The van der Waals surface area contributed by atoms with Gasteiger partial charge in [-0.1, -0.05) is 0 Å². The number of carboxylic acid groups (broad SMARTS) is 4. The van der Waals surface area contributed by atoms with Gasteiger partial charge in [-0.05, 0) is 0 Å². The summed E-state index contributed by atoms with van der Waals surface area (Å²) in [6.07, 6.45) is -35.6. The Bertz CT molecular complexity index is 935. The Morgan fingerprint density at radius 1 is 0.375 bits per heavy atom. The second-order valence-electron chi connectivity index (χ2n) is 7.79. The van der Waals surface area contributed by atoms with Gasteiger partial charge in [0.25, 0.3) is 0 Å². The summed E-state index contributed by atoms with van der Waals surface area (Å²) in [5.74, 6) is -13.7. The first kappa shape index (κ1) is 36.4. The Morgan fingerprint density at radius 2 is 0.650 bits per heavy atom. The van der Waals surface area contributed by atoms with Crippen molar-refractivity contribution >= 4 is 35.8 Å². The molecule has 0 saturated heterocycles. The second-order valence-corrected chi connectivity index (χ2v) is 7.79. The van der Waals surface area contributed by atoms with E-state index in [1.807, 2.05) is 0 Å². The van der Waals surface area contributed by atoms with E-state index in [4.69, 9.17) is 15.3 Å². The molecule has 40 heavy (non-hydrogen) atoms. The van der Waals surface area contributed by atoms with Crippen LogP contribution in [0.5, 0.6) is 0 Å². The number of ether oxygens (including phenoxy) is 2. The van der Waals surface area contributed by atoms with Gasteiger partial charge in [-0.2, -0.15) is 0 Å². The predicted octanol–water partition coefficient (Wildman–Crippen LogP) is -9.24. The van der Waals surface area contributed by atoms with Crippen LogP contribution in [0.3, 0.4) is 0 Å². The van der Waals surface area contributed by atoms with E-state index in [1.165, 1.54) is 0 Å². The molecular formula is C18H26O22. The zero-order valence-corrected chi connectivity index (χ0v) is 19.5. The highest BCUT2D eigenvalue weighted by atomic mass is 16.6. The summed E-state index contributed by atoms with van der Waals surface area (Å²) in [5.41, 5.74) is 0. The minimum atomic E-state index is -3.18. The number of carboxylic acids is 4. The lowest BCUT2D eigenvalue weighted by Crippen LogP contribution is -2.57. The van der Waals surface area contributed by atoms with Crippen LogP contribution in [0.1, 0.15) is 0 Å². The molecule has 0 aromatic rings. The molecule has 0 amide bonds. The summed E-state index contributed by atoms with van der Waals surface area (Å²) < 4.78 is 8.52. The van der Waals surface area contributed by atoms with Crippen molar-refractivity contribution in [2.45, 2.75) is 73.2 Å². The van der Waals surface area contributed by atoms with Crippen molar-refractivity contribution in [3.63, 3.8) is 0 Å². The molecule has 0 bridgehead atoms. The van der Waals surface area contributed by atoms with Gasteiger partial charge in [0.15, 0.2) is 36.6 Å². The standard InChI is InChI=1S/C18H26O22/c19-1(6(24)13(29)30)3(21)9(27)17(37)39-11(5(23)8(26)15(33)34)12(16(35)36)40-18(38)10(28)4(22)2(20)7(25)14(31)32/h1-12,19-28H,(H,29,30)(H,31,32)(H,33,34)(H,35,36)/t1-,2-,3-,4-,5+,6-,7-,8-,9+,10+,11-,12+/m0/s1. The van der Waals surface area contributed by atoms with Crippen LogP contribution in [-0.2, 0) is 38.2 Å². The van der Waals surface area contributed by atoms with Crippen molar-refractivity contribution in [1.82, 2.24) is 0 Å². The van der Waals surface area contributed by atoms with E-state index in [0.29, 0.717) is 0 Å². The minimum absolute atomic E-state index is 2.16. The van der Waals surface area contributed by atoms with Gasteiger partial charge in [-0.3, -0.25) is 0 Å². The molecule has 0 heterocycles. The zero-order chi connectivity index (χ0) is 31.8. The molecule has 0 aromatic heterocycles. The molecule has 0 radical (unpaired) electrons. The van der Waals surface area contributed by atoms with Crippen molar-refractivity contribution in [1.29, 1.82) is 0 Å². The number of carbonyl (C=O) groups excluding carboxylic acids is 2. The maximum atomic E-state index is 12.2. The SMILES string of the molecule is O=C(O)[C@@H](O)[C@@H](O)[C@H](O)[C@@H](O)C(=O)O[C@@H]([C@H](O)[C@H](O)C(=O)O)[C@@H](OC(=O)[C@H](O)[C@@H](O)[C@H](O)[C@H](O)C(=O)O)C(=O)O. The summed E-state index contributed by atoms with van der Waals surface area (Å²) in [7, 11) is 0. The number of aliphatic carboxylic acids is 4. The fourth-order valence-electron chi connectivity index (χ4n) is 2.61. The van der Waals surface area contributed by atoms with Crippen LogP contribution in [0.15, 0.2) is 0 Å². The lowest BCUT2D eigenvalue weighted by atomic mass is 10.0. The molecule has 0 aliphatic rings. The van der Waals surface area contributed by atoms with E-state index in [2.05, 4.69) is 9.47 Å². The summed E-state index contributed by atoms with van der Waals surface area (Å²) >= 11 is 0. The number of aliphatic hydroxyl groups is 10. The summed E-state index contributed by atoms with van der Waals surface area (Å²) in [5, 5.41) is 131. The van der Waals surface area contributed by atoms with Crippen LogP contribution in [0.4, 0.5) is 0 Å². The van der Waals surface area contributed by atoms with Crippen molar-refractivity contribution in [2.75, 3.05) is 0 Å². The molecule has 0 aromatic carbocycles. The first-order valence-electron chi connectivity index (χ1n) is 10.3. The Balaban J connectivity index is 6.19. The van der Waals surface area contributed by atoms with Crippen molar-refractivity contribution < 1.29 is 110 Å². The van der Waals surface area contributed by atoms with E-state index < -0.39 is 109 Å². The minimum Gasteiger partial charge on any atom is -0.479 e. The molecule has 0 aliphatic heterocycles. The van der Waals surface area contributed by atoms with Gasteiger partial charge in [0.1, 0.15) is 30.5 Å².